The van der Waals surface area contributed by atoms with Gasteiger partial charge in [-0.3, -0.25) is 0 Å². The molecule has 7 heavy (non-hydrogen) atoms. The van der Waals surface area contributed by atoms with E-state index >= 15 is 0 Å². The van der Waals surface area contributed by atoms with Crippen LogP contribution in [0.4, 0.5) is 0 Å². The van der Waals surface area contributed by atoms with Gasteiger partial charge < -0.3 is 5.32 Å². The summed E-state index contributed by atoms with van der Waals surface area (Å²) in [6.45, 7) is 3.64. The van der Waals surface area contributed by atoms with Crippen LogP contribution in [0.3, 0.4) is 0 Å². The largest absolute Gasteiger partial charge is 0.344 e. The summed E-state index contributed by atoms with van der Waals surface area (Å²) in [6.07, 6.45) is 4.26. The minimum atomic E-state index is 0.972. The number of rotatable bonds is 1. The van der Waals surface area contributed by atoms with Crippen LogP contribution in [-0.4, -0.2) is 12.6 Å². The Morgan fingerprint density at radius 1 is 1.71 bits per heavy atom. The molecule has 1 heterocycles. The van der Waals surface area contributed by atoms with Gasteiger partial charge in [0.1, 0.15) is 0 Å². The quantitative estimate of drug-likeness (QED) is 0.482. The summed E-state index contributed by atoms with van der Waals surface area (Å²) in [6, 6.07) is 0.972. The van der Waals surface area contributed by atoms with Gasteiger partial charge in [0.2, 0.25) is 0 Å². The van der Waals surface area contributed by atoms with Crippen LogP contribution >= 0.6 is 0 Å². The minimum absolute atomic E-state index is 0.972. The second kappa shape index (κ2) is 2.31. The third-order valence-electron chi connectivity index (χ3n) is 1.80. The van der Waals surface area contributed by atoms with Crippen molar-refractivity contribution in [3.05, 3.63) is 0 Å². The number of quaternary nitrogens is 1. The molecule has 0 radical (unpaired) electrons. The standard InChI is InChI=1S/C6H13N/c1-2-6-4-3-5-7-6/h6-7H,2-5H2,1H3/p+1. The van der Waals surface area contributed by atoms with Crippen molar-refractivity contribution in [2.45, 2.75) is 32.2 Å². The molecule has 0 aromatic heterocycles. The van der Waals surface area contributed by atoms with Crippen LogP contribution in [0, 0.1) is 0 Å². The first-order chi connectivity index (χ1) is 3.43. The number of nitrogens with two attached hydrogens (primary N) is 1. The smallest absolute Gasteiger partial charge is 0.0858 e. The summed E-state index contributed by atoms with van der Waals surface area (Å²) in [5.74, 6) is 0. The molecular weight excluding hydrogens is 86.1 g/mol. The van der Waals surface area contributed by atoms with Gasteiger partial charge in [0.15, 0.2) is 0 Å². The molecule has 0 saturated carbocycles. The maximum absolute atomic E-state index is 2.46. The number of hydrogen-bond acceptors (Lipinski definition) is 0. The SMILES string of the molecule is CCC1CCC[NH2+]1. The van der Waals surface area contributed by atoms with Gasteiger partial charge in [0, 0.05) is 12.8 Å². The van der Waals surface area contributed by atoms with Crippen molar-refractivity contribution < 1.29 is 5.32 Å². The lowest BCUT2D eigenvalue weighted by Crippen LogP contribution is -2.86. The van der Waals surface area contributed by atoms with E-state index in [4.69, 9.17) is 0 Å². The summed E-state index contributed by atoms with van der Waals surface area (Å²) < 4.78 is 0. The number of hydrogen-bond donors (Lipinski definition) is 1. The molecule has 0 aromatic carbocycles. The van der Waals surface area contributed by atoms with Gasteiger partial charge in [-0.15, -0.1) is 0 Å². The van der Waals surface area contributed by atoms with E-state index in [1.165, 1.54) is 25.8 Å². The Balaban J connectivity index is 2.14. The second-order valence-corrected chi connectivity index (χ2v) is 2.33. The first kappa shape index (κ1) is 5.10. The van der Waals surface area contributed by atoms with Crippen molar-refractivity contribution in [1.29, 1.82) is 0 Å². The molecule has 0 amide bonds. The van der Waals surface area contributed by atoms with Crippen molar-refractivity contribution in [3.63, 3.8) is 0 Å². The molecule has 1 nitrogen and oxygen atoms in total. The highest BCUT2D eigenvalue weighted by atomic mass is 14.9. The zero-order valence-corrected chi connectivity index (χ0v) is 4.98. The minimum Gasteiger partial charge on any atom is -0.344 e. The van der Waals surface area contributed by atoms with E-state index in [0.717, 1.165) is 6.04 Å². The highest BCUT2D eigenvalue weighted by Gasteiger charge is 2.14. The lowest BCUT2D eigenvalue weighted by molar-refractivity contribution is -0.670. The summed E-state index contributed by atoms with van der Waals surface area (Å²) in [5, 5.41) is 2.46. The molecule has 1 saturated heterocycles. The van der Waals surface area contributed by atoms with Gasteiger partial charge in [0.05, 0.1) is 12.6 Å². The Morgan fingerprint density at radius 3 is 2.86 bits per heavy atom. The van der Waals surface area contributed by atoms with Crippen LogP contribution in [0.25, 0.3) is 0 Å². The van der Waals surface area contributed by atoms with Crippen LogP contribution in [-0.2, 0) is 0 Å². The van der Waals surface area contributed by atoms with Gasteiger partial charge in [-0.25, -0.2) is 0 Å². The van der Waals surface area contributed by atoms with Crippen LogP contribution in [0.1, 0.15) is 26.2 Å². The molecule has 1 aliphatic rings. The first-order valence-electron chi connectivity index (χ1n) is 3.27. The average molecular weight is 100 g/mol. The molecule has 1 unspecified atom stereocenters. The fraction of sp³-hybridized carbons (Fsp3) is 1.00. The third kappa shape index (κ3) is 1.16. The molecule has 0 aliphatic carbocycles. The molecule has 0 bridgehead atoms. The van der Waals surface area contributed by atoms with E-state index in [-0.39, 0.29) is 0 Å². The fourth-order valence-electron chi connectivity index (χ4n) is 1.22. The van der Waals surface area contributed by atoms with Crippen molar-refractivity contribution in [1.82, 2.24) is 0 Å². The Morgan fingerprint density at radius 2 is 2.57 bits per heavy atom. The molecule has 0 spiro atoms. The second-order valence-electron chi connectivity index (χ2n) is 2.33. The topological polar surface area (TPSA) is 16.6 Å². The third-order valence-corrected chi connectivity index (χ3v) is 1.80. The molecule has 42 valence electrons. The van der Waals surface area contributed by atoms with Crippen molar-refractivity contribution >= 4 is 0 Å². The van der Waals surface area contributed by atoms with Crippen LogP contribution < -0.4 is 5.32 Å². The molecule has 1 atom stereocenters. The monoisotopic (exact) mass is 100 g/mol. The van der Waals surface area contributed by atoms with Crippen LogP contribution in [0.2, 0.25) is 0 Å². The molecular formula is C6H14N+. The summed E-state index contributed by atoms with van der Waals surface area (Å²) >= 11 is 0. The molecule has 1 heteroatoms. The van der Waals surface area contributed by atoms with Crippen molar-refractivity contribution in [2.24, 2.45) is 0 Å². The lowest BCUT2D eigenvalue weighted by atomic mass is 10.2. The maximum atomic E-state index is 2.46. The van der Waals surface area contributed by atoms with Crippen molar-refractivity contribution in [2.75, 3.05) is 6.54 Å². The molecule has 0 aromatic rings. The maximum Gasteiger partial charge on any atom is 0.0858 e. The van der Waals surface area contributed by atoms with E-state index in [9.17, 15) is 0 Å². The molecule has 1 aliphatic heterocycles. The summed E-state index contributed by atoms with van der Waals surface area (Å²) in [5.41, 5.74) is 0. The Hall–Kier alpha value is -0.0400. The Bertz CT molecular complexity index is 46.1. The molecule has 1 fully saturated rings. The average Bonchev–Trinajstić information content (AvgIpc) is 2.14. The van der Waals surface area contributed by atoms with Gasteiger partial charge in [-0.1, -0.05) is 6.92 Å². The zero-order valence-electron chi connectivity index (χ0n) is 4.98. The predicted octanol–water partition coefficient (Wildman–Crippen LogP) is 0.122. The van der Waals surface area contributed by atoms with E-state index < -0.39 is 0 Å². The van der Waals surface area contributed by atoms with E-state index in [1.807, 2.05) is 0 Å². The zero-order chi connectivity index (χ0) is 5.11. The summed E-state index contributed by atoms with van der Waals surface area (Å²) in [7, 11) is 0. The lowest BCUT2D eigenvalue weighted by Gasteiger charge is -1.98. The highest BCUT2D eigenvalue weighted by molar-refractivity contribution is 4.55. The van der Waals surface area contributed by atoms with Crippen LogP contribution in [0.5, 0.6) is 0 Å². The van der Waals surface area contributed by atoms with E-state index in [2.05, 4.69) is 12.2 Å². The summed E-state index contributed by atoms with van der Waals surface area (Å²) in [4.78, 5) is 0. The van der Waals surface area contributed by atoms with Gasteiger partial charge >= 0.3 is 0 Å². The molecule has 1 rings (SSSR count). The van der Waals surface area contributed by atoms with E-state index in [0.29, 0.717) is 0 Å². The Kier molecular flexibility index (Phi) is 1.69. The molecule has 2 N–H and O–H groups in total. The van der Waals surface area contributed by atoms with Gasteiger partial charge in [-0.2, -0.15) is 0 Å². The van der Waals surface area contributed by atoms with Crippen molar-refractivity contribution in [3.8, 4) is 0 Å². The Labute approximate surface area is 45.1 Å². The van der Waals surface area contributed by atoms with Crippen LogP contribution in [0.15, 0.2) is 0 Å². The van der Waals surface area contributed by atoms with Gasteiger partial charge in [-0.05, 0) is 6.42 Å². The normalized spacial score (nSPS) is 31.3. The fourth-order valence-corrected chi connectivity index (χ4v) is 1.22. The highest BCUT2D eigenvalue weighted by Crippen LogP contribution is 1.99. The predicted molar refractivity (Wildman–Crippen MR) is 30.1 cm³/mol. The van der Waals surface area contributed by atoms with E-state index in [1.54, 1.807) is 0 Å². The first-order valence-corrected chi connectivity index (χ1v) is 3.27. The van der Waals surface area contributed by atoms with Gasteiger partial charge in [0.25, 0.3) is 0 Å².